The van der Waals surface area contributed by atoms with E-state index in [-0.39, 0.29) is 31.3 Å². The molecule has 3 rings (SSSR count). The smallest absolute Gasteiger partial charge is 0.337 e. The van der Waals surface area contributed by atoms with E-state index in [1.807, 2.05) is 0 Å². The van der Waals surface area contributed by atoms with Crippen LogP contribution in [-0.4, -0.2) is 70.5 Å². The van der Waals surface area contributed by atoms with Gasteiger partial charge in [0.2, 0.25) is 0 Å². The molecule has 2 aliphatic rings. The van der Waals surface area contributed by atoms with Crippen LogP contribution in [0.5, 0.6) is 0 Å². The molecule has 2 aliphatic heterocycles. The van der Waals surface area contributed by atoms with Gasteiger partial charge in [0, 0.05) is 0 Å². The third kappa shape index (κ3) is 5.11. The molecule has 28 heavy (non-hydrogen) atoms. The second-order valence-corrected chi connectivity index (χ2v) is 6.98. The summed E-state index contributed by atoms with van der Waals surface area (Å²) in [6.07, 6.45) is 1.31. The number of hydrogen-bond donors (Lipinski definition) is 0. The minimum atomic E-state index is -1.09. The van der Waals surface area contributed by atoms with Crippen LogP contribution in [0.3, 0.4) is 0 Å². The van der Waals surface area contributed by atoms with Crippen LogP contribution in [0.4, 0.5) is 0 Å². The molecule has 154 valence electrons. The molecule has 2 atom stereocenters. The number of hydrogen-bond acceptors (Lipinski definition) is 10. The van der Waals surface area contributed by atoms with Gasteiger partial charge in [-0.2, -0.15) is 0 Å². The number of nitrogens with zero attached hydrogens (tertiary/aromatic N) is 3. The van der Waals surface area contributed by atoms with E-state index in [0.29, 0.717) is 22.3 Å². The average molecular weight is 417 g/mol. The van der Waals surface area contributed by atoms with E-state index in [2.05, 4.69) is 0 Å². The van der Waals surface area contributed by atoms with Gasteiger partial charge in [-0.15, -0.1) is 11.8 Å². The molecule has 0 N–H and O–H groups in total. The molecule has 2 unspecified atom stereocenters. The van der Waals surface area contributed by atoms with E-state index in [0.717, 1.165) is 16.3 Å². The zero-order valence-electron chi connectivity index (χ0n) is 15.0. The summed E-state index contributed by atoms with van der Waals surface area (Å²) in [6.45, 7) is -0.392. The molecule has 0 radical (unpaired) electrons. The van der Waals surface area contributed by atoms with Crippen molar-refractivity contribution in [2.45, 2.75) is 31.2 Å². The van der Waals surface area contributed by atoms with E-state index in [1.54, 1.807) is 6.26 Å². The van der Waals surface area contributed by atoms with E-state index < -0.39 is 42.1 Å². The van der Waals surface area contributed by atoms with Crippen molar-refractivity contribution in [2.24, 2.45) is 0 Å². The molecule has 2 saturated heterocycles. The van der Waals surface area contributed by atoms with Crippen molar-refractivity contribution in [1.29, 1.82) is 0 Å². The lowest BCUT2D eigenvalue weighted by Gasteiger charge is -2.13. The number of carbonyl (C=O) groups is 2. The molecular formula is C15H19N3O9S. The quantitative estimate of drug-likeness (QED) is 0.293. The number of aromatic nitrogens is 3. The zero-order valence-corrected chi connectivity index (χ0v) is 15.8. The summed E-state index contributed by atoms with van der Waals surface area (Å²) in [7, 11) is 0. The highest BCUT2D eigenvalue weighted by Crippen LogP contribution is 2.09. The van der Waals surface area contributed by atoms with Gasteiger partial charge >= 0.3 is 29.0 Å². The summed E-state index contributed by atoms with van der Waals surface area (Å²) in [5, 5.41) is 0. The van der Waals surface area contributed by atoms with Crippen molar-refractivity contribution in [3.8, 4) is 0 Å². The number of rotatable bonds is 10. The Balaban J connectivity index is 1.83. The molecule has 0 spiro atoms. The van der Waals surface area contributed by atoms with Crippen LogP contribution in [0.2, 0.25) is 0 Å². The molecule has 13 heteroatoms. The van der Waals surface area contributed by atoms with Gasteiger partial charge in [0.1, 0.15) is 38.5 Å². The third-order valence-electron chi connectivity index (χ3n) is 3.88. The lowest BCUT2D eigenvalue weighted by atomic mass is 10.5. The predicted molar refractivity (Wildman–Crippen MR) is 94.1 cm³/mol. The Morgan fingerprint density at radius 3 is 1.64 bits per heavy atom. The van der Waals surface area contributed by atoms with Crippen LogP contribution in [0, 0.1) is 0 Å². The normalized spacial score (nSPS) is 19.9. The van der Waals surface area contributed by atoms with E-state index in [4.69, 9.17) is 18.9 Å². The highest BCUT2D eigenvalue weighted by Gasteiger charge is 2.26. The van der Waals surface area contributed by atoms with Crippen molar-refractivity contribution in [3.05, 3.63) is 31.5 Å². The lowest BCUT2D eigenvalue weighted by molar-refractivity contribution is -0.145. The molecule has 0 saturated carbocycles. The van der Waals surface area contributed by atoms with Crippen molar-refractivity contribution in [3.63, 3.8) is 0 Å². The third-order valence-corrected chi connectivity index (χ3v) is 4.40. The Labute approximate surface area is 161 Å². The van der Waals surface area contributed by atoms with Gasteiger partial charge in [0.25, 0.3) is 0 Å². The summed E-state index contributed by atoms with van der Waals surface area (Å²) < 4.78 is 21.6. The first kappa shape index (κ1) is 20.4. The van der Waals surface area contributed by atoms with Crippen LogP contribution >= 0.6 is 11.8 Å². The Hall–Kier alpha value is -2.38. The summed E-state index contributed by atoms with van der Waals surface area (Å²) in [6, 6.07) is 0. The molecule has 0 amide bonds. The van der Waals surface area contributed by atoms with Crippen LogP contribution in [0.25, 0.3) is 0 Å². The Morgan fingerprint density at radius 1 is 0.893 bits per heavy atom. The number of esters is 2. The topological polar surface area (TPSA) is 144 Å². The second-order valence-electron chi connectivity index (χ2n) is 6.14. The maximum atomic E-state index is 12.6. The zero-order chi connectivity index (χ0) is 20.3. The fourth-order valence-electron chi connectivity index (χ4n) is 2.24. The van der Waals surface area contributed by atoms with Crippen molar-refractivity contribution < 1.29 is 28.5 Å². The first-order valence-corrected chi connectivity index (χ1v) is 9.78. The first-order valence-electron chi connectivity index (χ1n) is 8.38. The molecular weight excluding hydrogens is 398 g/mol. The number of carbonyl (C=O) groups excluding carboxylic acids is 2. The first-order chi connectivity index (χ1) is 13.4. The summed E-state index contributed by atoms with van der Waals surface area (Å²) in [5.74, 6) is -1.72. The Morgan fingerprint density at radius 2 is 1.29 bits per heavy atom. The fraction of sp³-hybridized carbons (Fsp3) is 0.667. The van der Waals surface area contributed by atoms with Crippen molar-refractivity contribution >= 4 is 23.7 Å². The summed E-state index contributed by atoms with van der Waals surface area (Å²) in [4.78, 5) is 61.4. The van der Waals surface area contributed by atoms with Gasteiger partial charge < -0.3 is 18.9 Å². The molecule has 0 bridgehead atoms. The fourth-order valence-corrected chi connectivity index (χ4v) is 2.72. The predicted octanol–water partition coefficient (Wildman–Crippen LogP) is -2.62. The number of ether oxygens (including phenoxy) is 4. The second kappa shape index (κ2) is 8.75. The molecule has 1 aromatic rings. The largest absolute Gasteiger partial charge is 0.461 e. The minimum Gasteiger partial charge on any atom is -0.461 e. The van der Waals surface area contributed by atoms with Gasteiger partial charge in [-0.25, -0.2) is 28.1 Å². The molecule has 1 aromatic heterocycles. The Kier molecular flexibility index (Phi) is 6.36. The van der Waals surface area contributed by atoms with Crippen LogP contribution in [0.15, 0.2) is 14.4 Å². The van der Waals surface area contributed by atoms with E-state index in [9.17, 15) is 24.0 Å². The highest BCUT2D eigenvalue weighted by atomic mass is 32.2. The van der Waals surface area contributed by atoms with Crippen LogP contribution in [0.1, 0.15) is 0 Å². The number of epoxide rings is 2. The maximum absolute atomic E-state index is 12.6. The molecule has 2 fully saturated rings. The minimum absolute atomic E-state index is 0.0157. The summed E-state index contributed by atoms with van der Waals surface area (Å²) in [5.41, 5.74) is -3.01. The van der Waals surface area contributed by atoms with E-state index in [1.165, 1.54) is 0 Å². The maximum Gasteiger partial charge on any atom is 0.337 e. The van der Waals surface area contributed by atoms with E-state index >= 15 is 0 Å². The highest BCUT2D eigenvalue weighted by molar-refractivity contribution is 7.97. The van der Waals surface area contributed by atoms with Gasteiger partial charge in [-0.05, 0) is 6.26 Å². The SMILES string of the molecule is CSCn1c(=O)n(CC(=O)OCC2CO2)c(=O)n(CC(=O)OCC2CO2)c1=O. The molecule has 3 heterocycles. The molecule has 0 aliphatic carbocycles. The van der Waals surface area contributed by atoms with Gasteiger partial charge in [0.05, 0.1) is 19.1 Å². The standard InChI is InChI=1S/C15H19N3O9S/c1-28-8-18-14(22)16(2-11(19)26-6-9-4-24-9)13(21)17(15(18)23)3-12(20)27-7-10-5-25-10/h9-10H,2-8H2,1H3. The van der Waals surface area contributed by atoms with Crippen LogP contribution < -0.4 is 17.1 Å². The average Bonchev–Trinajstić information content (AvgIpc) is 3.56. The van der Waals surface area contributed by atoms with Crippen molar-refractivity contribution in [1.82, 2.24) is 13.7 Å². The summed E-state index contributed by atoms with van der Waals surface area (Å²) >= 11 is 1.16. The van der Waals surface area contributed by atoms with Gasteiger partial charge in [-0.3, -0.25) is 9.59 Å². The van der Waals surface area contributed by atoms with Gasteiger partial charge in [-0.1, -0.05) is 0 Å². The molecule has 0 aromatic carbocycles. The van der Waals surface area contributed by atoms with Crippen molar-refractivity contribution in [2.75, 3.05) is 32.7 Å². The van der Waals surface area contributed by atoms with Crippen LogP contribution in [-0.2, 0) is 47.5 Å². The molecule has 12 nitrogen and oxygen atoms in total. The van der Waals surface area contributed by atoms with Gasteiger partial charge in [0.15, 0.2) is 0 Å². The Bertz CT molecular complexity index is 858. The number of thioether (sulfide) groups is 1. The monoisotopic (exact) mass is 417 g/mol. The lowest BCUT2D eigenvalue weighted by Crippen LogP contribution is -2.55.